The van der Waals surface area contributed by atoms with Gasteiger partial charge in [0.15, 0.2) is 0 Å². The maximum Gasteiger partial charge on any atom is 0.416 e. The lowest BCUT2D eigenvalue weighted by Gasteiger charge is -2.11. The highest BCUT2D eigenvalue weighted by molar-refractivity contribution is 6.31. The molecular weight excluding hydrogens is 255 g/mol. The minimum atomic E-state index is -4.55. The summed E-state index contributed by atoms with van der Waals surface area (Å²) in [6.45, 7) is 2.95. The van der Waals surface area contributed by atoms with Crippen LogP contribution in [0.1, 0.15) is 15.9 Å². The van der Waals surface area contributed by atoms with E-state index >= 15 is 0 Å². The molecule has 0 saturated heterocycles. The Labute approximate surface area is 101 Å². The van der Waals surface area contributed by atoms with Gasteiger partial charge in [-0.3, -0.25) is 4.79 Å². The molecular formula is C11H9ClF3NO. The van der Waals surface area contributed by atoms with E-state index in [1.807, 2.05) is 0 Å². The summed E-state index contributed by atoms with van der Waals surface area (Å²) in [5.74, 6) is -0.510. The Bertz CT molecular complexity index is 468. The van der Waals surface area contributed by atoms with E-state index in [1.54, 1.807) is 0 Å². The van der Waals surface area contributed by atoms with Crippen molar-refractivity contribution in [3.05, 3.63) is 40.9 Å². The largest absolute Gasteiger partial charge is 0.416 e. The van der Waals surface area contributed by atoms with E-state index in [0.29, 0.717) is 0 Å². The molecule has 0 fully saturated rings. The molecule has 0 unspecified atom stereocenters. The van der Waals surface area contributed by atoms with Crippen molar-refractivity contribution >= 4 is 23.1 Å². The van der Waals surface area contributed by atoms with Crippen LogP contribution >= 0.6 is 11.6 Å². The lowest BCUT2D eigenvalue weighted by atomic mass is 10.0. The second-order valence-corrected chi connectivity index (χ2v) is 3.72. The third kappa shape index (κ3) is 3.23. The van der Waals surface area contributed by atoms with Gasteiger partial charge in [0.05, 0.1) is 5.57 Å². The fraction of sp³-hybridized carbons (Fsp3) is 0.182. The van der Waals surface area contributed by atoms with Gasteiger partial charge in [0.2, 0.25) is 0 Å². The monoisotopic (exact) mass is 263 g/mol. The van der Waals surface area contributed by atoms with Crippen LogP contribution in [0.25, 0.3) is 5.57 Å². The number of carbonyl (C=O) groups excluding carboxylic acids is 1. The number of amides is 1. The molecule has 6 heteroatoms. The van der Waals surface area contributed by atoms with Crippen molar-refractivity contribution in [2.75, 3.05) is 7.05 Å². The maximum absolute atomic E-state index is 12.4. The van der Waals surface area contributed by atoms with Gasteiger partial charge in [0.1, 0.15) is 0 Å². The molecule has 0 bridgehead atoms. The second-order valence-electron chi connectivity index (χ2n) is 3.28. The Hall–Kier alpha value is -1.49. The smallest absolute Gasteiger partial charge is 0.355 e. The van der Waals surface area contributed by atoms with E-state index in [0.717, 1.165) is 12.1 Å². The first-order valence-corrected chi connectivity index (χ1v) is 4.92. The van der Waals surface area contributed by atoms with Gasteiger partial charge in [-0.25, -0.2) is 0 Å². The van der Waals surface area contributed by atoms with Crippen molar-refractivity contribution in [2.45, 2.75) is 6.18 Å². The van der Waals surface area contributed by atoms with Crippen LogP contribution in [0.15, 0.2) is 24.8 Å². The van der Waals surface area contributed by atoms with Gasteiger partial charge in [0.25, 0.3) is 5.91 Å². The number of halogens is 4. The fourth-order valence-electron chi connectivity index (χ4n) is 1.20. The highest BCUT2D eigenvalue weighted by atomic mass is 35.5. The molecule has 0 saturated carbocycles. The van der Waals surface area contributed by atoms with Crippen LogP contribution in [0, 0.1) is 0 Å². The standard InChI is InChI=1S/C11H9ClF3NO/c1-6(11(13,14)15)7-3-8(10(17)16-2)5-9(12)4-7/h3-5H,1H2,2H3,(H,16,17). The molecule has 0 aliphatic heterocycles. The summed E-state index contributed by atoms with van der Waals surface area (Å²) in [5, 5.41) is 2.35. The zero-order chi connectivity index (χ0) is 13.2. The van der Waals surface area contributed by atoms with Gasteiger partial charge in [-0.1, -0.05) is 18.2 Å². The Balaban J connectivity index is 3.23. The highest BCUT2D eigenvalue weighted by Gasteiger charge is 2.33. The molecule has 0 radical (unpaired) electrons. The average molecular weight is 264 g/mol. The third-order valence-electron chi connectivity index (χ3n) is 2.08. The summed E-state index contributed by atoms with van der Waals surface area (Å²) in [6, 6.07) is 3.50. The quantitative estimate of drug-likeness (QED) is 0.872. The van der Waals surface area contributed by atoms with Crippen molar-refractivity contribution in [3.63, 3.8) is 0 Å². The van der Waals surface area contributed by atoms with Crippen molar-refractivity contribution in [3.8, 4) is 0 Å². The number of carbonyl (C=O) groups is 1. The van der Waals surface area contributed by atoms with Crippen LogP contribution < -0.4 is 5.32 Å². The molecule has 17 heavy (non-hydrogen) atoms. The molecule has 0 aliphatic rings. The van der Waals surface area contributed by atoms with Crippen LogP contribution in [-0.2, 0) is 0 Å². The van der Waals surface area contributed by atoms with Gasteiger partial charge >= 0.3 is 6.18 Å². The number of hydrogen-bond donors (Lipinski definition) is 1. The number of hydrogen-bond acceptors (Lipinski definition) is 1. The summed E-state index contributed by atoms with van der Waals surface area (Å²) >= 11 is 5.66. The van der Waals surface area contributed by atoms with Crippen molar-refractivity contribution in [1.29, 1.82) is 0 Å². The molecule has 92 valence electrons. The van der Waals surface area contributed by atoms with Crippen LogP contribution in [0.4, 0.5) is 13.2 Å². The topological polar surface area (TPSA) is 29.1 Å². The van der Waals surface area contributed by atoms with Crippen LogP contribution in [0.2, 0.25) is 5.02 Å². The normalized spacial score (nSPS) is 11.1. The summed E-state index contributed by atoms with van der Waals surface area (Å²) in [6.07, 6.45) is -4.55. The molecule has 1 rings (SSSR count). The number of benzene rings is 1. The van der Waals surface area contributed by atoms with Crippen LogP contribution in [-0.4, -0.2) is 19.1 Å². The summed E-state index contributed by atoms with van der Waals surface area (Å²) in [7, 11) is 1.38. The van der Waals surface area contributed by atoms with E-state index in [4.69, 9.17) is 11.6 Å². The zero-order valence-corrected chi connectivity index (χ0v) is 9.62. The SMILES string of the molecule is C=C(c1cc(Cl)cc(C(=O)NC)c1)C(F)(F)F. The predicted octanol–water partition coefficient (Wildman–Crippen LogP) is 3.28. The fourth-order valence-corrected chi connectivity index (χ4v) is 1.44. The van der Waals surface area contributed by atoms with E-state index < -0.39 is 17.7 Å². The van der Waals surface area contributed by atoms with Crippen molar-refractivity contribution in [2.24, 2.45) is 0 Å². The zero-order valence-electron chi connectivity index (χ0n) is 8.86. The summed E-state index contributed by atoms with van der Waals surface area (Å²) in [4.78, 5) is 11.3. The molecule has 0 heterocycles. The Morgan fingerprint density at radius 2 is 1.82 bits per heavy atom. The van der Waals surface area contributed by atoms with Crippen molar-refractivity contribution < 1.29 is 18.0 Å². The number of nitrogens with one attached hydrogen (secondary N) is 1. The van der Waals surface area contributed by atoms with Crippen LogP contribution in [0.3, 0.4) is 0 Å². The maximum atomic E-state index is 12.4. The minimum Gasteiger partial charge on any atom is -0.355 e. The molecule has 1 aromatic carbocycles. The second kappa shape index (κ2) is 4.79. The van der Waals surface area contributed by atoms with Crippen molar-refractivity contribution in [1.82, 2.24) is 5.32 Å². The molecule has 0 atom stereocenters. The molecule has 2 nitrogen and oxygen atoms in total. The van der Waals surface area contributed by atoms with E-state index in [2.05, 4.69) is 11.9 Å². The van der Waals surface area contributed by atoms with Gasteiger partial charge in [0, 0.05) is 17.6 Å². The Morgan fingerprint density at radius 3 is 2.29 bits per heavy atom. The molecule has 0 aliphatic carbocycles. The lowest BCUT2D eigenvalue weighted by molar-refractivity contribution is -0.0686. The molecule has 1 amide bonds. The van der Waals surface area contributed by atoms with E-state index in [1.165, 1.54) is 13.1 Å². The first-order valence-electron chi connectivity index (χ1n) is 4.55. The Morgan fingerprint density at radius 1 is 1.29 bits per heavy atom. The molecule has 0 spiro atoms. The lowest BCUT2D eigenvalue weighted by Crippen LogP contribution is -2.18. The van der Waals surface area contributed by atoms with Crippen LogP contribution in [0.5, 0.6) is 0 Å². The molecule has 1 N–H and O–H groups in total. The Kier molecular flexibility index (Phi) is 3.83. The number of rotatable bonds is 2. The van der Waals surface area contributed by atoms with Gasteiger partial charge in [-0.15, -0.1) is 0 Å². The van der Waals surface area contributed by atoms with E-state index in [9.17, 15) is 18.0 Å². The first-order chi connectivity index (χ1) is 7.75. The highest BCUT2D eigenvalue weighted by Crippen LogP contribution is 2.33. The summed E-state index contributed by atoms with van der Waals surface area (Å²) in [5.41, 5.74) is -1.20. The summed E-state index contributed by atoms with van der Waals surface area (Å²) < 4.78 is 37.3. The number of allylic oxidation sites excluding steroid dienone is 1. The average Bonchev–Trinajstić information content (AvgIpc) is 2.24. The minimum absolute atomic E-state index is 0.0477. The molecule has 1 aromatic rings. The number of alkyl halides is 3. The predicted molar refractivity (Wildman–Crippen MR) is 59.9 cm³/mol. The third-order valence-corrected chi connectivity index (χ3v) is 2.30. The van der Waals surface area contributed by atoms with E-state index in [-0.39, 0.29) is 16.1 Å². The van der Waals surface area contributed by atoms with Gasteiger partial charge in [-0.2, -0.15) is 13.2 Å². The molecule has 0 aromatic heterocycles. The van der Waals surface area contributed by atoms with Gasteiger partial charge in [-0.05, 0) is 23.8 Å². The first kappa shape index (κ1) is 13.6. The van der Waals surface area contributed by atoms with Gasteiger partial charge < -0.3 is 5.32 Å².